The van der Waals surface area contributed by atoms with Crippen LogP contribution in [0.25, 0.3) is 0 Å². The van der Waals surface area contributed by atoms with Gasteiger partial charge in [0.05, 0.1) is 14.2 Å². The van der Waals surface area contributed by atoms with E-state index in [1.54, 1.807) is 18.2 Å². The number of amidine groups is 1. The van der Waals surface area contributed by atoms with Gasteiger partial charge < -0.3 is 15.2 Å². The summed E-state index contributed by atoms with van der Waals surface area (Å²) in [4.78, 5) is 0. The maximum atomic E-state index is 11.3. The van der Waals surface area contributed by atoms with Crippen molar-refractivity contribution in [3.05, 3.63) is 23.8 Å². The molecular weight excluding hydrogens is 258 g/mol. The monoisotopic (exact) mass is 271 g/mol. The van der Waals surface area contributed by atoms with Crippen LogP contribution >= 0.6 is 0 Å². The number of ether oxygens (including phenoxy) is 2. The first-order valence-corrected chi connectivity index (χ1v) is 6.50. The lowest BCUT2D eigenvalue weighted by atomic mass is 10.1. The Bertz CT molecular complexity index is 575. The van der Waals surface area contributed by atoms with Crippen LogP contribution in [0.1, 0.15) is 11.6 Å². The molecule has 0 spiro atoms. The van der Waals surface area contributed by atoms with Gasteiger partial charge >= 0.3 is 10.2 Å². The molecule has 1 unspecified atom stereocenters. The highest BCUT2D eigenvalue weighted by atomic mass is 32.2. The van der Waals surface area contributed by atoms with E-state index >= 15 is 0 Å². The van der Waals surface area contributed by atoms with E-state index in [1.807, 2.05) is 0 Å². The van der Waals surface area contributed by atoms with Gasteiger partial charge in [0.2, 0.25) is 0 Å². The van der Waals surface area contributed by atoms with Gasteiger partial charge in [-0.15, -0.1) is 4.40 Å². The molecule has 1 aromatic rings. The van der Waals surface area contributed by atoms with E-state index in [0.717, 1.165) is 0 Å². The van der Waals surface area contributed by atoms with Crippen molar-refractivity contribution in [2.75, 3.05) is 14.2 Å². The van der Waals surface area contributed by atoms with Crippen LogP contribution in [0.3, 0.4) is 0 Å². The molecule has 18 heavy (non-hydrogen) atoms. The Balaban J connectivity index is 2.43. The Kier molecular flexibility index (Phi) is 3.14. The van der Waals surface area contributed by atoms with Crippen LogP contribution in [0, 0.1) is 0 Å². The largest absolute Gasteiger partial charge is 0.497 e. The third-order valence-electron chi connectivity index (χ3n) is 2.50. The smallest absolute Gasteiger partial charge is 0.322 e. The number of hydrogen-bond donors (Lipinski definition) is 2. The summed E-state index contributed by atoms with van der Waals surface area (Å²) < 4.78 is 38.5. The summed E-state index contributed by atoms with van der Waals surface area (Å²) in [6.45, 7) is 0. The lowest BCUT2D eigenvalue weighted by Gasteiger charge is -2.13. The zero-order valence-corrected chi connectivity index (χ0v) is 10.7. The molecule has 3 N–H and O–H groups in total. The van der Waals surface area contributed by atoms with E-state index in [2.05, 4.69) is 9.12 Å². The summed E-state index contributed by atoms with van der Waals surface area (Å²) in [5.74, 6) is 1.08. The van der Waals surface area contributed by atoms with Crippen molar-refractivity contribution in [3.63, 3.8) is 0 Å². The van der Waals surface area contributed by atoms with Crippen molar-refractivity contribution in [2.24, 2.45) is 10.1 Å². The molecule has 8 heteroatoms. The van der Waals surface area contributed by atoms with Crippen molar-refractivity contribution in [1.29, 1.82) is 0 Å². The zero-order valence-electron chi connectivity index (χ0n) is 9.88. The molecule has 1 aromatic carbocycles. The van der Waals surface area contributed by atoms with Gasteiger partial charge in [0.25, 0.3) is 0 Å². The second-order valence-corrected chi connectivity index (χ2v) is 5.06. The number of methoxy groups -OCH3 is 2. The normalized spacial score (nSPS) is 21.4. The molecule has 0 fully saturated rings. The Morgan fingerprint density at radius 1 is 1.22 bits per heavy atom. The molecular formula is C10H13N3O4S. The minimum atomic E-state index is -3.70. The number of benzene rings is 1. The van der Waals surface area contributed by atoms with Crippen molar-refractivity contribution < 1.29 is 17.9 Å². The predicted octanol–water partition coefficient (Wildman–Crippen LogP) is -0.0499. The van der Waals surface area contributed by atoms with Gasteiger partial charge in [0.15, 0.2) is 0 Å². The van der Waals surface area contributed by atoms with Gasteiger partial charge in [-0.05, 0) is 17.7 Å². The summed E-state index contributed by atoms with van der Waals surface area (Å²) >= 11 is 0. The van der Waals surface area contributed by atoms with Crippen molar-refractivity contribution in [1.82, 2.24) is 4.72 Å². The summed E-state index contributed by atoms with van der Waals surface area (Å²) in [7, 11) is -0.683. The van der Waals surface area contributed by atoms with Crippen LogP contribution in [0.2, 0.25) is 0 Å². The quantitative estimate of drug-likeness (QED) is 0.802. The Hall–Kier alpha value is -1.80. The van der Waals surface area contributed by atoms with Gasteiger partial charge in [-0.1, -0.05) is 0 Å². The third kappa shape index (κ3) is 2.39. The molecule has 7 nitrogen and oxygen atoms in total. The molecule has 1 atom stereocenters. The Morgan fingerprint density at radius 2 is 1.78 bits per heavy atom. The molecule has 0 radical (unpaired) electrons. The average molecular weight is 271 g/mol. The van der Waals surface area contributed by atoms with Gasteiger partial charge in [-0.3, -0.25) is 0 Å². The highest BCUT2D eigenvalue weighted by Gasteiger charge is 2.30. The van der Waals surface area contributed by atoms with E-state index in [-0.39, 0.29) is 5.84 Å². The van der Waals surface area contributed by atoms with Crippen LogP contribution in [0.4, 0.5) is 0 Å². The predicted molar refractivity (Wildman–Crippen MR) is 66.0 cm³/mol. The first kappa shape index (κ1) is 12.7. The lowest BCUT2D eigenvalue weighted by Crippen LogP contribution is -2.28. The first-order chi connectivity index (χ1) is 8.45. The summed E-state index contributed by atoms with van der Waals surface area (Å²) in [6, 6.07) is 4.33. The molecule has 98 valence electrons. The van der Waals surface area contributed by atoms with E-state index in [4.69, 9.17) is 15.2 Å². The molecule has 2 rings (SSSR count). The van der Waals surface area contributed by atoms with E-state index < -0.39 is 16.3 Å². The van der Waals surface area contributed by atoms with Crippen molar-refractivity contribution in [2.45, 2.75) is 6.04 Å². The number of nitrogens with one attached hydrogen (secondary N) is 1. The summed E-state index contributed by atoms with van der Waals surface area (Å²) in [5, 5.41) is 0. The average Bonchev–Trinajstić information content (AvgIpc) is 2.62. The van der Waals surface area contributed by atoms with Crippen LogP contribution in [-0.2, 0) is 10.2 Å². The van der Waals surface area contributed by atoms with Gasteiger partial charge in [0, 0.05) is 6.07 Å². The van der Waals surface area contributed by atoms with Crippen LogP contribution in [-0.4, -0.2) is 28.5 Å². The lowest BCUT2D eigenvalue weighted by molar-refractivity contribution is 0.393. The van der Waals surface area contributed by atoms with Gasteiger partial charge in [-0.25, -0.2) is 0 Å². The van der Waals surface area contributed by atoms with Crippen LogP contribution in [0.5, 0.6) is 11.5 Å². The highest BCUT2D eigenvalue weighted by Crippen LogP contribution is 2.28. The van der Waals surface area contributed by atoms with Gasteiger partial charge in [0.1, 0.15) is 23.4 Å². The fourth-order valence-electron chi connectivity index (χ4n) is 1.66. The highest BCUT2D eigenvalue weighted by molar-refractivity contribution is 7.88. The summed E-state index contributed by atoms with van der Waals surface area (Å²) in [6.07, 6.45) is 0. The molecule has 1 aliphatic heterocycles. The third-order valence-corrected chi connectivity index (χ3v) is 3.48. The number of nitrogens with two attached hydrogens (primary N) is 1. The standard InChI is InChI=1S/C10H13N3O4S/c1-16-7-3-6(4-8(5-7)17-2)9-10(11)13-18(14,15)12-9/h3-5,9,12H,1-2H3,(H2,11,13). The minimum Gasteiger partial charge on any atom is -0.497 e. The number of nitrogens with zero attached hydrogens (tertiary/aromatic N) is 1. The molecule has 0 aliphatic carbocycles. The van der Waals surface area contributed by atoms with E-state index in [0.29, 0.717) is 17.1 Å². The molecule has 1 aliphatic rings. The molecule has 0 saturated carbocycles. The topological polar surface area (TPSA) is 103 Å². The first-order valence-electron chi connectivity index (χ1n) is 5.06. The van der Waals surface area contributed by atoms with Crippen molar-refractivity contribution in [3.8, 4) is 11.5 Å². The van der Waals surface area contributed by atoms with Gasteiger partial charge in [-0.2, -0.15) is 13.1 Å². The fraction of sp³-hybridized carbons (Fsp3) is 0.300. The molecule has 0 aromatic heterocycles. The molecule has 0 bridgehead atoms. The number of hydrogen-bond acceptors (Lipinski definition) is 5. The maximum absolute atomic E-state index is 11.3. The van der Waals surface area contributed by atoms with E-state index in [9.17, 15) is 8.42 Å². The van der Waals surface area contributed by atoms with Crippen LogP contribution < -0.4 is 19.9 Å². The molecule has 0 saturated heterocycles. The molecule has 0 amide bonds. The SMILES string of the molecule is COc1cc(OC)cc(C2NS(=O)(=O)N=C2N)c1. The maximum Gasteiger partial charge on any atom is 0.322 e. The molecule has 1 heterocycles. The van der Waals surface area contributed by atoms with E-state index in [1.165, 1.54) is 14.2 Å². The minimum absolute atomic E-state index is 0.00898. The van der Waals surface area contributed by atoms with Crippen molar-refractivity contribution >= 4 is 16.0 Å². The second-order valence-electron chi connectivity index (χ2n) is 3.69. The second kappa shape index (κ2) is 4.46. The Morgan fingerprint density at radius 3 is 2.17 bits per heavy atom. The summed E-state index contributed by atoms with van der Waals surface area (Å²) in [5.41, 5.74) is 6.20. The Labute approximate surface area is 105 Å². The van der Waals surface area contributed by atoms with Crippen LogP contribution in [0.15, 0.2) is 22.6 Å². The fourth-order valence-corrected chi connectivity index (χ4v) is 2.65. The number of rotatable bonds is 3. The zero-order chi connectivity index (χ0) is 13.3.